The van der Waals surface area contributed by atoms with Gasteiger partial charge in [-0.2, -0.15) is 5.10 Å². The predicted octanol–water partition coefficient (Wildman–Crippen LogP) is 3.26. The molecule has 0 N–H and O–H groups in total. The van der Waals surface area contributed by atoms with E-state index < -0.39 is 5.82 Å². The molecular formula is C21H26ClFN4O2. The topological polar surface area (TPSA) is 50.6 Å². The van der Waals surface area contributed by atoms with Crippen LogP contribution in [-0.2, 0) is 29.0 Å². The van der Waals surface area contributed by atoms with Crippen molar-refractivity contribution in [3.8, 4) is 0 Å². The number of halogens is 2. The van der Waals surface area contributed by atoms with Crippen LogP contribution in [0.25, 0.3) is 0 Å². The lowest BCUT2D eigenvalue weighted by Crippen LogP contribution is -2.48. The number of anilines is 1. The Labute approximate surface area is 175 Å². The van der Waals surface area contributed by atoms with Gasteiger partial charge in [0.05, 0.1) is 54.3 Å². The third-order valence-electron chi connectivity index (χ3n) is 5.64. The summed E-state index contributed by atoms with van der Waals surface area (Å²) in [6.07, 6.45) is 2.40. The minimum absolute atomic E-state index is 0.00212. The molecule has 3 atom stereocenters. The molecule has 0 unspecified atom stereocenters. The van der Waals surface area contributed by atoms with E-state index in [9.17, 15) is 9.18 Å². The van der Waals surface area contributed by atoms with Crippen LogP contribution in [0.15, 0.2) is 24.4 Å². The molecular weight excluding hydrogens is 395 g/mol. The van der Waals surface area contributed by atoms with Crippen LogP contribution in [0, 0.1) is 5.82 Å². The summed E-state index contributed by atoms with van der Waals surface area (Å²) in [5.41, 5.74) is 2.83. The molecule has 8 heteroatoms. The molecule has 6 nitrogen and oxygen atoms in total. The Hall–Kier alpha value is -2.12. The Balaban J connectivity index is 1.53. The predicted molar refractivity (Wildman–Crippen MR) is 110 cm³/mol. The van der Waals surface area contributed by atoms with Gasteiger partial charge in [-0.1, -0.05) is 17.7 Å². The Kier molecular flexibility index (Phi) is 5.53. The minimum Gasteiger partial charge on any atom is -0.372 e. The fourth-order valence-corrected chi connectivity index (χ4v) is 4.49. The molecule has 0 saturated carbocycles. The van der Waals surface area contributed by atoms with Gasteiger partial charge in [0.2, 0.25) is 5.91 Å². The maximum atomic E-state index is 13.4. The third-order valence-corrected chi connectivity index (χ3v) is 5.93. The van der Waals surface area contributed by atoms with E-state index in [4.69, 9.17) is 16.3 Å². The summed E-state index contributed by atoms with van der Waals surface area (Å²) in [4.78, 5) is 17.2. The molecule has 2 aliphatic heterocycles. The second-order valence-electron chi connectivity index (χ2n) is 8.12. The maximum absolute atomic E-state index is 13.4. The van der Waals surface area contributed by atoms with E-state index in [-0.39, 0.29) is 35.6 Å². The van der Waals surface area contributed by atoms with Crippen molar-refractivity contribution in [3.63, 3.8) is 0 Å². The molecule has 156 valence electrons. The van der Waals surface area contributed by atoms with Crippen molar-refractivity contribution >= 4 is 23.2 Å². The largest absolute Gasteiger partial charge is 0.372 e. The van der Waals surface area contributed by atoms with Crippen molar-refractivity contribution in [2.24, 2.45) is 0 Å². The van der Waals surface area contributed by atoms with Crippen LogP contribution >= 0.6 is 11.6 Å². The number of amides is 1. The van der Waals surface area contributed by atoms with Gasteiger partial charge in [-0.15, -0.1) is 0 Å². The number of nitrogens with zero attached hydrogens (tertiary/aromatic N) is 4. The average molecular weight is 421 g/mol. The second kappa shape index (κ2) is 7.95. The van der Waals surface area contributed by atoms with Crippen molar-refractivity contribution in [1.29, 1.82) is 0 Å². The highest BCUT2D eigenvalue weighted by atomic mass is 35.5. The molecule has 1 amide bonds. The van der Waals surface area contributed by atoms with E-state index in [0.717, 1.165) is 24.5 Å². The van der Waals surface area contributed by atoms with Crippen LogP contribution in [0.5, 0.6) is 0 Å². The normalized spacial score (nSPS) is 24.5. The summed E-state index contributed by atoms with van der Waals surface area (Å²) >= 11 is 5.87. The van der Waals surface area contributed by atoms with Gasteiger partial charge in [0.15, 0.2) is 0 Å². The molecule has 2 aromatic rings. The standard InChI is InChI=1S/C21H26ClFN4O2/c1-13-9-27-20(19(8-24-27)25-10-14(2)29-15(3)11-25)12-26(13)21(28)7-16-4-5-18(23)17(22)6-16/h4-6,8,13-15H,7,9-12H2,1-3H3/t13-,14-,15+/m0/s1. The Morgan fingerprint density at radius 3 is 2.66 bits per heavy atom. The summed E-state index contributed by atoms with van der Waals surface area (Å²) in [5, 5.41) is 4.61. The lowest BCUT2D eigenvalue weighted by Gasteiger charge is -2.39. The van der Waals surface area contributed by atoms with Crippen LogP contribution in [0.1, 0.15) is 32.0 Å². The van der Waals surface area contributed by atoms with E-state index in [2.05, 4.69) is 23.8 Å². The molecule has 2 aliphatic rings. The summed E-state index contributed by atoms with van der Waals surface area (Å²) < 4.78 is 21.3. The molecule has 1 fully saturated rings. The van der Waals surface area contributed by atoms with Crippen molar-refractivity contribution in [1.82, 2.24) is 14.7 Å². The van der Waals surface area contributed by atoms with Gasteiger partial charge in [-0.25, -0.2) is 4.39 Å². The lowest BCUT2D eigenvalue weighted by atomic mass is 10.1. The summed E-state index contributed by atoms with van der Waals surface area (Å²) in [6, 6.07) is 4.47. The van der Waals surface area contributed by atoms with Crippen LogP contribution in [-0.4, -0.2) is 51.9 Å². The quantitative estimate of drug-likeness (QED) is 0.764. The first-order valence-electron chi connectivity index (χ1n) is 10.00. The molecule has 3 heterocycles. The van der Waals surface area contributed by atoms with Gasteiger partial charge in [0.25, 0.3) is 0 Å². The van der Waals surface area contributed by atoms with Gasteiger partial charge in [-0.3, -0.25) is 9.48 Å². The average Bonchev–Trinajstić information content (AvgIpc) is 3.06. The Morgan fingerprint density at radius 1 is 1.24 bits per heavy atom. The Bertz CT molecular complexity index is 908. The first-order valence-corrected chi connectivity index (χ1v) is 10.4. The number of hydrogen-bond donors (Lipinski definition) is 0. The van der Waals surface area contributed by atoms with Gasteiger partial charge >= 0.3 is 0 Å². The van der Waals surface area contributed by atoms with E-state index in [0.29, 0.717) is 18.7 Å². The lowest BCUT2D eigenvalue weighted by molar-refractivity contribution is -0.134. The first-order chi connectivity index (χ1) is 13.8. The number of carbonyl (C=O) groups is 1. The van der Waals surface area contributed by atoms with E-state index >= 15 is 0 Å². The Morgan fingerprint density at radius 2 is 1.97 bits per heavy atom. The van der Waals surface area contributed by atoms with Gasteiger partial charge in [0.1, 0.15) is 5.82 Å². The summed E-state index contributed by atoms with van der Waals surface area (Å²) in [5.74, 6) is -0.473. The number of morpholine rings is 1. The third kappa shape index (κ3) is 4.12. The second-order valence-corrected chi connectivity index (χ2v) is 8.52. The number of fused-ring (bicyclic) bond motifs is 1. The summed E-state index contributed by atoms with van der Waals surface area (Å²) in [6.45, 7) is 8.94. The monoisotopic (exact) mass is 420 g/mol. The highest BCUT2D eigenvalue weighted by Gasteiger charge is 2.32. The number of aromatic nitrogens is 2. The molecule has 0 aliphatic carbocycles. The number of carbonyl (C=O) groups excluding carboxylic acids is 1. The van der Waals surface area contributed by atoms with E-state index in [1.807, 2.05) is 22.7 Å². The van der Waals surface area contributed by atoms with Crippen molar-refractivity contribution in [2.75, 3.05) is 18.0 Å². The molecule has 1 saturated heterocycles. The molecule has 1 aromatic carbocycles. The fourth-order valence-electron chi connectivity index (χ4n) is 4.29. The minimum atomic E-state index is -0.475. The molecule has 29 heavy (non-hydrogen) atoms. The first kappa shape index (κ1) is 20.2. The highest BCUT2D eigenvalue weighted by molar-refractivity contribution is 6.30. The zero-order valence-electron chi connectivity index (χ0n) is 16.9. The number of hydrogen-bond acceptors (Lipinski definition) is 4. The van der Waals surface area contributed by atoms with Crippen molar-refractivity contribution < 1.29 is 13.9 Å². The highest BCUT2D eigenvalue weighted by Crippen LogP contribution is 2.29. The van der Waals surface area contributed by atoms with Crippen LogP contribution in [0.2, 0.25) is 5.02 Å². The number of ether oxygens (including phenoxy) is 1. The van der Waals surface area contributed by atoms with E-state index in [1.54, 1.807) is 6.07 Å². The zero-order valence-corrected chi connectivity index (χ0v) is 17.7. The smallest absolute Gasteiger partial charge is 0.227 e. The van der Waals surface area contributed by atoms with Crippen LogP contribution in [0.4, 0.5) is 10.1 Å². The van der Waals surface area contributed by atoms with Crippen molar-refractivity contribution in [3.05, 3.63) is 46.5 Å². The maximum Gasteiger partial charge on any atom is 0.227 e. The number of rotatable bonds is 3. The molecule has 0 bridgehead atoms. The molecule has 0 radical (unpaired) electrons. The molecule has 1 aromatic heterocycles. The van der Waals surface area contributed by atoms with Gasteiger partial charge < -0.3 is 14.5 Å². The van der Waals surface area contributed by atoms with Crippen molar-refractivity contribution in [2.45, 2.75) is 58.5 Å². The van der Waals surface area contributed by atoms with E-state index in [1.165, 1.54) is 12.1 Å². The van der Waals surface area contributed by atoms with Crippen LogP contribution in [0.3, 0.4) is 0 Å². The molecule has 4 rings (SSSR count). The molecule has 0 spiro atoms. The fraction of sp³-hybridized carbons (Fsp3) is 0.524. The summed E-state index contributed by atoms with van der Waals surface area (Å²) in [7, 11) is 0. The zero-order chi connectivity index (χ0) is 20.7. The van der Waals surface area contributed by atoms with Crippen LogP contribution < -0.4 is 4.90 Å². The van der Waals surface area contributed by atoms with Gasteiger partial charge in [-0.05, 0) is 38.5 Å². The number of benzene rings is 1. The SMILES string of the molecule is C[C@@H]1CN(c2cnn3c2CN(C(=O)Cc2ccc(F)c(Cl)c2)[C@@H](C)C3)C[C@H](C)O1. The van der Waals surface area contributed by atoms with Gasteiger partial charge in [0, 0.05) is 19.1 Å².